The molecule has 0 aromatic heterocycles. The van der Waals surface area contributed by atoms with E-state index in [0.29, 0.717) is 0 Å². The number of carbonyl (C=O) groups excluding carboxylic acids is 1. The highest BCUT2D eigenvalue weighted by Crippen LogP contribution is 2.53. The van der Waals surface area contributed by atoms with E-state index >= 15 is 0 Å². The summed E-state index contributed by atoms with van der Waals surface area (Å²) >= 11 is 0. The first-order valence-corrected chi connectivity index (χ1v) is 61.5. The van der Waals surface area contributed by atoms with Crippen molar-refractivity contribution in [2.24, 2.45) is 0 Å². The molecule has 0 amide bonds. The highest BCUT2D eigenvalue weighted by Gasteiger charge is 2.92. The fraction of sp³-hybridized carbons (Fsp3) is 0.897. The van der Waals surface area contributed by atoms with Crippen molar-refractivity contribution in [2.75, 3.05) is 20.8 Å². The van der Waals surface area contributed by atoms with Gasteiger partial charge in [-0.2, -0.15) is 0 Å². The van der Waals surface area contributed by atoms with Gasteiger partial charge in [-0.3, -0.25) is 0 Å². The van der Waals surface area contributed by atoms with Gasteiger partial charge in [-0.15, -0.1) is 0 Å². The van der Waals surface area contributed by atoms with Gasteiger partial charge in [-0.05, 0) is 144 Å². The van der Waals surface area contributed by atoms with Gasteiger partial charge in [-0.1, -0.05) is 6.58 Å². The molecule has 0 unspecified atom stereocenters. The lowest BCUT2D eigenvalue weighted by molar-refractivity contribution is -0.139. The van der Waals surface area contributed by atoms with Crippen LogP contribution < -0.4 is 0 Å². The number of esters is 1. The summed E-state index contributed by atoms with van der Waals surface area (Å²) in [4.78, 5) is 12.1. The molecular weight excluding hydrogens is 1180 g/mol. The maximum Gasteiger partial charge on any atom is 0.654 e. The summed E-state index contributed by atoms with van der Waals surface area (Å²) in [5.41, 5.74) is 0. The minimum atomic E-state index is -5.50. The summed E-state index contributed by atoms with van der Waals surface area (Å²) < 4.78 is 164. The van der Waals surface area contributed by atoms with Crippen molar-refractivity contribution < 1.29 is 101 Å². The summed E-state index contributed by atoms with van der Waals surface area (Å²) in [6, 6.07) is 0.000445. The first-order valence-electron chi connectivity index (χ1n) is 22.6. The Labute approximate surface area is 426 Å². The highest BCUT2D eigenvalue weighted by atomic mass is 28.7. The largest absolute Gasteiger partial charge is 0.654 e. The molecule has 0 saturated carbocycles. The van der Waals surface area contributed by atoms with Crippen molar-refractivity contribution in [3.05, 3.63) is 12.7 Å². The normalized spacial score (nSPS) is 35.8. The van der Waals surface area contributed by atoms with Crippen LogP contribution >= 0.6 is 0 Å². The molecule has 24 nitrogen and oxygen atoms in total. The van der Waals surface area contributed by atoms with E-state index in [4.69, 9.17) is 95.9 Å². The quantitative estimate of drug-likeness (QED) is 0.0489. The van der Waals surface area contributed by atoms with Gasteiger partial charge in [0.05, 0.1) is 6.61 Å². The second-order valence-corrected chi connectivity index (χ2v) is 80.0. The molecule has 6 rings (SSSR count). The zero-order valence-electron chi connectivity index (χ0n) is 44.7. The summed E-state index contributed by atoms with van der Waals surface area (Å²) in [6.45, 7) is 43.5. The molecule has 40 heteroatoms. The molecule has 6 heterocycles. The molecule has 8 bridgehead atoms. The zero-order valence-corrected chi connectivity index (χ0v) is 60.7. The van der Waals surface area contributed by atoms with E-state index in [2.05, 4.69) is 6.58 Å². The van der Waals surface area contributed by atoms with Crippen LogP contribution in [0, 0.1) is 0 Å². The molecule has 6 aliphatic rings. The first kappa shape index (κ1) is 61.7. The Bertz CT molecular complexity index is 1680. The van der Waals surface area contributed by atoms with E-state index in [1.165, 1.54) is 14.2 Å². The van der Waals surface area contributed by atoms with Gasteiger partial charge in [0, 0.05) is 26.3 Å². The van der Waals surface area contributed by atoms with E-state index in [1.54, 1.807) is 0 Å². The lowest BCUT2D eigenvalue weighted by atomic mass is 10.5. The fourth-order valence-corrected chi connectivity index (χ4v) is 72.0. The van der Waals surface area contributed by atoms with Crippen molar-refractivity contribution in [1.29, 1.82) is 0 Å². The van der Waals surface area contributed by atoms with Gasteiger partial charge >= 0.3 is 87.2 Å². The average Bonchev–Trinajstić information content (AvgIpc) is 3.00. The Balaban J connectivity index is 2.05. The topological polar surface area (TPSA) is 229 Å². The molecule has 0 spiro atoms. The smallest absolute Gasteiger partial charge is 0.463 e. The van der Waals surface area contributed by atoms with Crippen LogP contribution in [0.5, 0.6) is 0 Å². The molecule has 6 aliphatic heterocycles. The van der Waals surface area contributed by atoms with Gasteiger partial charge in [0.25, 0.3) is 0 Å². The summed E-state index contributed by atoms with van der Waals surface area (Å²) in [5, 5.41) is 0. The van der Waals surface area contributed by atoms with E-state index in [9.17, 15) is 4.79 Å². The third-order valence-electron chi connectivity index (χ3n) is 7.96. The lowest BCUT2D eigenvalue weighted by Gasteiger charge is -2.60. The van der Waals surface area contributed by atoms with E-state index in [-0.39, 0.29) is 19.1 Å². The molecule has 6 fully saturated rings. The summed E-state index contributed by atoms with van der Waals surface area (Å²) in [6.07, 6.45) is 1.23. The lowest BCUT2D eigenvalue weighted by Crippen LogP contribution is -2.93. The second kappa shape index (κ2) is 20.2. The highest BCUT2D eigenvalue weighted by molar-refractivity contribution is 7.04. The van der Waals surface area contributed by atoms with Crippen LogP contribution in [-0.2, 0) is 101 Å². The third-order valence-corrected chi connectivity index (χ3v) is 60.6. The fourth-order valence-electron chi connectivity index (χ4n) is 6.59. The van der Waals surface area contributed by atoms with Gasteiger partial charge < -0.3 is 95.9 Å². The average molecular weight is 1260 g/mol. The summed E-state index contributed by atoms with van der Waals surface area (Å²) in [7, 11) is -64.2. The number of hydrogen-bond donors (Lipinski definition) is 0. The molecule has 6 saturated heterocycles. The predicted octanol–water partition coefficient (Wildman–Crippen LogP) is 6.07. The molecule has 0 radical (unpaired) electrons. The van der Waals surface area contributed by atoms with Gasteiger partial charge in [-0.25, -0.2) is 4.79 Å². The van der Waals surface area contributed by atoms with Crippen LogP contribution in [0.2, 0.25) is 144 Å². The van der Waals surface area contributed by atoms with E-state index in [0.717, 1.165) is 6.08 Å². The molecule has 0 aromatic rings. The predicted molar refractivity (Wildman–Crippen MR) is 282 cm³/mol. The Hall–Kier alpha value is 1.80. The van der Waals surface area contributed by atoms with Crippen LogP contribution in [-0.4, -0.2) is 166 Å². The SMILES string of the molecule is C=CC(=O)OCCC[Si](OC)(OC)O[Si]12O[Si]3(O[Si](C)(C)C)O[Si]4(O[Si](C)(C)C)O[Si]5(O[Si](C)(C)C)O[Si](O[Si](C)(C)C)(O3)O[Si](O[Si](C)(C)C)(O[Si](O[Si](C)(C)C)(O5)O[Si](O[Si](C)(C)C)(O4)O1)O2. The van der Waals surface area contributed by atoms with E-state index in [1.807, 2.05) is 137 Å². The molecule has 0 N–H and O–H groups in total. The van der Waals surface area contributed by atoms with Crippen LogP contribution in [0.4, 0.5) is 0 Å². The van der Waals surface area contributed by atoms with E-state index < -0.39 is 145 Å². The Morgan fingerprint density at radius 3 is 0.725 bits per heavy atom. The maximum atomic E-state index is 12.1. The monoisotopic (exact) mass is 1260 g/mol. The molecule has 0 aromatic carbocycles. The Morgan fingerprint density at radius 1 is 0.377 bits per heavy atom. The van der Waals surface area contributed by atoms with Gasteiger partial charge in [0.15, 0.2) is 58.2 Å². The minimum absolute atomic E-state index is 0.000445. The standard InChI is InChI=1S/C29H78O24Si16/c1-25-29(30)33-27-26-28-61(31-2,32-3)41-69-51-66(38-58(16,17)18)45-63(35-55(7,8)9)42-62(34-54(4,5)6)43-64(47-66,36-56(10,11)12)49-68(53-69,40-60(22,23)24)50-65(44-62,37-57(13,14)15)48-67(46-63,52-69)39-59(19,20)21/h25H,1,26-28H2,2-24H3. The van der Waals surface area contributed by atoms with Crippen LogP contribution in [0.25, 0.3) is 0 Å². The number of rotatable bonds is 23. The third kappa shape index (κ3) is 16.9. The molecule has 69 heavy (non-hydrogen) atoms. The second-order valence-electron chi connectivity index (χ2n) is 23.4. The number of ether oxygens (including phenoxy) is 1. The Kier molecular flexibility index (Phi) is 18.1. The number of carbonyl (C=O) groups is 1. The molecular formula is C29H78O24Si16. The summed E-state index contributed by atoms with van der Waals surface area (Å²) in [5.74, 6) is -0.620. The first-order chi connectivity index (χ1) is 30.7. The van der Waals surface area contributed by atoms with Crippen molar-refractivity contribution >= 4 is 145 Å². The van der Waals surface area contributed by atoms with Crippen LogP contribution in [0.3, 0.4) is 0 Å². The molecule has 402 valence electrons. The zero-order chi connectivity index (χ0) is 52.7. The molecule has 0 aliphatic carbocycles. The van der Waals surface area contributed by atoms with Crippen LogP contribution in [0.15, 0.2) is 12.7 Å². The Morgan fingerprint density at radius 2 is 0.565 bits per heavy atom. The minimum Gasteiger partial charge on any atom is -0.463 e. The van der Waals surface area contributed by atoms with Crippen molar-refractivity contribution in [3.8, 4) is 0 Å². The van der Waals surface area contributed by atoms with Crippen molar-refractivity contribution in [2.45, 2.75) is 150 Å². The van der Waals surface area contributed by atoms with Crippen LogP contribution in [0.1, 0.15) is 6.42 Å². The van der Waals surface area contributed by atoms with Crippen molar-refractivity contribution in [1.82, 2.24) is 0 Å². The van der Waals surface area contributed by atoms with Crippen molar-refractivity contribution in [3.63, 3.8) is 0 Å². The number of hydrogen-bond acceptors (Lipinski definition) is 24. The molecule has 0 atom stereocenters. The maximum absolute atomic E-state index is 12.1. The van der Waals surface area contributed by atoms with Gasteiger partial charge in [0.1, 0.15) is 0 Å². The van der Waals surface area contributed by atoms with Gasteiger partial charge in [0.2, 0.25) is 0 Å².